The molecule has 6 rings (SSSR count). The minimum atomic E-state index is -0.476. The molecule has 1 saturated carbocycles. The molecule has 0 aliphatic heterocycles. The van der Waals surface area contributed by atoms with Crippen molar-refractivity contribution in [1.82, 2.24) is 10.1 Å². The van der Waals surface area contributed by atoms with E-state index in [9.17, 15) is 9.18 Å². The summed E-state index contributed by atoms with van der Waals surface area (Å²) in [6, 6.07) is 26.6. The Balaban J connectivity index is 1.22. The molecule has 0 radical (unpaired) electrons. The van der Waals surface area contributed by atoms with E-state index in [-0.39, 0.29) is 11.0 Å². The number of pyridine rings is 1. The molecule has 2 aromatic heterocycles. The number of nitrogens with zero attached hydrogens (tertiary/aromatic N) is 2. The van der Waals surface area contributed by atoms with Crippen LogP contribution in [-0.4, -0.2) is 22.7 Å². The lowest BCUT2D eigenvalue weighted by Gasteiger charge is -2.14. The smallest absolute Gasteiger partial charge is 0.316 e. The van der Waals surface area contributed by atoms with E-state index in [2.05, 4.69) is 29.4 Å². The van der Waals surface area contributed by atoms with Gasteiger partial charge in [-0.2, -0.15) is 0 Å². The van der Waals surface area contributed by atoms with Crippen LogP contribution in [0.15, 0.2) is 89.5 Å². The van der Waals surface area contributed by atoms with Gasteiger partial charge in [-0.25, -0.2) is 4.39 Å². The molecule has 0 atom stereocenters. The summed E-state index contributed by atoms with van der Waals surface area (Å²) >= 11 is 6.21. The Morgan fingerprint density at radius 2 is 1.61 bits per heavy atom. The lowest BCUT2D eigenvalue weighted by molar-refractivity contribution is -0.146. The minimum absolute atomic E-state index is 0.0553. The van der Waals surface area contributed by atoms with Gasteiger partial charge in [0.05, 0.1) is 28.4 Å². The Labute approximate surface area is 243 Å². The molecule has 0 spiro atoms. The molecule has 7 heteroatoms. The maximum Gasteiger partial charge on any atom is 0.316 e. The van der Waals surface area contributed by atoms with Gasteiger partial charge in [0.1, 0.15) is 5.82 Å². The van der Waals surface area contributed by atoms with Crippen molar-refractivity contribution in [2.45, 2.75) is 38.5 Å². The van der Waals surface area contributed by atoms with E-state index in [0.29, 0.717) is 30.0 Å². The summed E-state index contributed by atoms with van der Waals surface area (Å²) in [6.45, 7) is 4.14. The highest BCUT2D eigenvalue weighted by molar-refractivity contribution is 6.33. The Morgan fingerprint density at radius 1 is 0.951 bits per heavy atom. The van der Waals surface area contributed by atoms with Gasteiger partial charge in [0.2, 0.25) is 0 Å². The molecule has 1 aliphatic carbocycles. The quantitative estimate of drug-likeness (QED) is 0.177. The predicted molar refractivity (Wildman–Crippen MR) is 157 cm³/mol. The van der Waals surface area contributed by atoms with Gasteiger partial charge in [-0.05, 0) is 61.6 Å². The molecule has 0 bridgehead atoms. The summed E-state index contributed by atoms with van der Waals surface area (Å²) in [5.41, 5.74) is 7.23. The summed E-state index contributed by atoms with van der Waals surface area (Å²) in [5.74, 6) is 0.0804. The van der Waals surface area contributed by atoms with Crippen molar-refractivity contribution < 1.29 is 18.4 Å². The van der Waals surface area contributed by atoms with E-state index in [0.717, 1.165) is 52.0 Å². The molecule has 1 aliphatic rings. The number of esters is 1. The average Bonchev–Trinajstić information content (AvgIpc) is 3.74. The van der Waals surface area contributed by atoms with E-state index in [1.807, 2.05) is 56.3 Å². The molecule has 0 unspecified atom stereocenters. The van der Waals surface area contributed by atoms with Crippen LogP contribution >= 0.6 is 11.6 Å². The third kappa shape index (κ3) is 5.16. The van der Waals surface area contributed by atoms with Crippen molar-refractivity contribution in [3.05, 3.63) is 118 Å². The number of halogens is 2. The third-order valence-corrected chi connectivity index (χ3v) is 8.10. The largest absolute Gasteiger partial charge is 0.465 e. The highest BCUT2D eigenvalue weighted by Gasteiger charge is 2.52. The third-order valence-electron chi connectivity index (χ3n) is 7.71. The Hall–Kier alpha value is -4.29. The van der Waals surface area contributed by atoms with Crippen molar-refractivity contribution in [3.63, 3.8) is 0 Å². The molecule has 5 nitrogen and oxygen atoms in total. The van der Waals surface area contributed by atoms with Crippen molar-refractivity contribution in [2.24, 2.45) is 0 Å². The van der Waals surface area contributed by atoms with Gasteiger partial charge in [0, 0.05) is 28.8 Å². The molecule has 0 N–H and O–H groups in total. The summed E-state index contributed by atoms with van der Waals surface area (Å²) in [6.07, 6.45) is 2.16. The van der Waals surface area contributed by atoms with Gasteiger partial charge in [-0.1, -0.05) is 83.5 Å². The van der Waals surface area contributed by atoms with Crippen LogP contribution in [0.4, 0.5) is 4.39 Å². The van der Waals surface area contributed by atoms with E-state index in [1.54, 1.807) is 12.1 Å². The number of carbonyl (C=O) groups is 1. The van der Waals surface area contributed by atoms with Crippen molar-refractivity contribution >= 4 is 17.6 Å². The van der Waals surface area contributed by atoms with Crippen molar-refractivity contribution in [1.29, 1.82) is 0 Å². The van der Waals surface area contributed by atoms with E-state index in [1.165, 1.54) is 6.07 Å². The number of hydrogen-bond donors (Lipinski definition) is 0. The average molecular weight is 567 g/mol. The highest BCUT2D eigenvalue weighted by Crippen LogP contribution is 2.49. The second-order valence-corrected chi connectivity index (χ2v) is 10.7. The maximum absolute atomic E-state index is 14.0. The highest BCUT2D eigenvalue weighted by atomic mass is 35.5. The molecular formula is C34H28ClFN2O3. The van der Waals surface area contributed by atoms with Gasteiger partial charge in [-0.3, -0.25) is 9.78 Å². The van der Waals surface area contributed by atoms with Crippen LogP contribution < -0.4 is 0 Å². The van der Waals surface area contributed by atoms with Crippen molar-refractivity contribution in [2.75, 3.05) is 6.61 Å². The Morgan fingerprint density at radius 3 is 2.29 bits per heavy atom. The summed E-state index contributed by atoms with van der Waals surface area (Å²) in [4.78, 5) is 17.2. The number of aromatic nitrogens is 2. The molecule has 0 amide bonds. The first-order valence-electron chi connectivity index (χ1n) is 13.6. The number of hydrogen-bond acceptors (Lipinski definition) is 5. The topological polar surface area (TPSA) is 65.2 Å². The molecule has 3 aromatic carbocycles. The summed E-state index contributed by atoms with van der Waals surface area (Å²) in [5, 5.41) is 4.29. The maximum atomic E-state index is 14.0. The SMILES string of the molecule is CCOC(=O)C1(c2ccc(-c3ccc(-c4onc(C)c4Cc4cccc(-c5cccc(F)c5Cl)n4)cc3)cc2)CC1. The molecular weight excluding hydrogens is 539 g/mol. The Kier molecular flexibility index (Phi) is 7.18. The van der Waals surface area contributed by atoms with Crippen LogP contribution in [0, 0.1) is 12.7 Å². The normalized spacial score (nSPS) is 13.7. The zero-order valence-corrected chi connectivity index (χ0v) is 23.5. The number of rotatable bonds is 8. The van der Waals surface area contributed by atoms with Crippen molar-refractivity contribution in [3.8, 4) is 33.7 Å². The summed E-state index contributed by atoms with van der Waals surface area (Å²) < 4.78 is 25.1. The van der Waals surface area contributed by atoms with E-state index < -0.39 is 11.2 Å². The van der Waals surface area contributed by atoms with Gasteiger partial charge >= 0.3 is 5.97 Å². The van der Waals surface area contributed by atoms with E-state index in [4.69, 9.17) is 25.8 Å². The molecule has 0 saturated heterocycles. The second-order valence-electron chi connectivity index (χ2n) is 10.3. The fraction of sp³-hybridized carbons (Fsp3) is 0.206. The van der Waals surface area contributed by atoms with Crippen LogP contribution in [-0.2, 0) is 21.4 Å². The lowest BCUT2D eigenvalue weighted by Crippen LogP contribution is -2.23. The van der Waals surface area contributed by atoms with Crippen LogP contribution in [0.5, 0.6) is 0 Å². The van der Waals surface area contributed by atoms with Gasteiger partial charge in [-0.15, -0.1) is 0 Å². The first-order valence-corrected chi connectivity index (χ1v) is 14.0. The molecule has 5 aromatic rings. The number of carbonyl (C=O) groups excluding carboxylic acids is 1. The molecule has 41 heavy (non-hydrogen) atoms. The number of aryl methyl sites for hydroxylation is 1. The molecule has 2 heterocycles. The van der Waals surface area contributed by atoms with Crippen LogP contribution in [0.25, 0.3) is 33.7 Å². The monoisotopic (exact) mass is 566 g/mol. The lowest BCUT2D eigenvalue weighted by atomic mass is 9.93. The first kappa shape index (κ1) is 26.9. The molecule has 206 valence electrons. The second kappa shape index (κ2) is 10.9. The standard InChI is InChI=1S/C34H28ClFN2O3/c1-3-40-33(39)34(18-19-34)25-16-14-23(15-17-25)22-10-12-24(13-11-22)32-28(21(2)38-41-32)20-26-6-4-9-30(37-26)27-7-5-8-29(36)31(27)35/h4-17H,3,18-20H2,1-2H3. The van der Waals surface area contributed by atoms with Crippen LogP contribution in [0.3, 0.4) is 0 Å². The Bertz CT molecular complexity index is 1720. The van der Waals surface area contributed by atoms with Crippen LogP contribution in [0.1, 0.15) is 42.3 Å². The zero-order chi connectivity index (χ0) is 28.6. The zero-order valence-electron chi connectivity index (χ0n) is 22.8. The minimum Gasteiger partial charge on any atom is -0.465 e. The van der Waals surface area contributed by atoms with Crippen LogP contribution in [0.2, 0.25) is 5.02 Å². The number of ether oxygens (including phenoxy) is 1. The fourth-order valence-corrected chi connectivity index (χ4v) is 5.46. The van der Waals surface area contributed by atoms with E-state index >= 15 is 0 Å². The fourth-order valence-electron chi connectivity index (χ4n) is 5.24. The van der Waals surface area contributed by atoms with Gasteiger partial charge < -0.3 is 9.26 Å². The number of benzene rings is 3. The van der Waals surface area contributed by atoms with Gasteiger partial charge in [0.15, 0.2) is 5.76 Å². The summed E-state index contributed by atoms with van der Waals surface area (Å²) in [7, 11) is 0. The first-order chi connectivity index (χ1) is 19.9. The predicted octanol–water partition coefficient (Wildman–Crippen LogP) is 8.36. The molecule has 1 fully saturated rings. The van der Waals surface area contributed by atoms with Gasteiger partial charge in [0.25, 0.3) is 0 Å².